The molecule has 1 fully saturated rings. The second-order valence-corrected chi connectivity index (χ2v) is 5.93. The lowest BCUT2D eigenvalue weighted by Gasteiger charge is -2.18. The number of aromatic nitrogens is 1. The largest absolute Gasteiger partial charge is 0.360 e. The van der Waals surface area contributed by atoms with Crippen LogP contribution in [0.5, 0.6) is 0 Å². The Hall–Kier alpha value is -0.870. The molecule has 1 aromatic heterocycles. The van der Waals surface area contributed by atoms with E-state index in [1.54, 1.807) is 0 Å². The molecule has 1 unspecified atom stereocenters. The predicted molar refractivity (Wildman–Crippen MR) is 81.4 cm³/mol. The van der Waals surface area contributed by atoms with Crippen molar-refractivity contribution in [3.8, 4) is 0 Å². The van der Waals surface area contributed by atoms with E-state index in [1.165, 1.54) is 45.2 Å². The Balaban J connectivity index is 1.79. The second-order valence-electron chi connectivity index (χ2n) is 5.93. The molecule has 114 valence electrons. The van der Waals surface area contributed by atoms with Crippen LogP contribution in [0.25, 0.3) is 0 Å². The molecular formula is C16H29N3O. The van der Waals surface area contributed by atoms with E-state index in [0.29, 0.717) is 0 Å². The highest BCUT2D eigenvalue weighted by molar-refractivity contribution is 5.05. The average molecular weight is 279 g/mol. The number of hydrogen-bond donors (Lipinski definition) is 1. The Morgan fingerprint density at radius 3 is 3.05 bits per heavy atom. The first-order chi connectivity index (χ1) is 9.81. The number of nitrogens with one attached hydrogen (secondary N) is 1. The van der Waals surface area contributed by atoms with E-state index in [1.807, 2.05) is 0 Å². The number of likely N-dealkylation sites (tertiary alicyclic amines) is 1. The maximum absolute atomic E-state index is 5.45. The van der Waals surface area contributed by atoms with Crippen molar-refractivity contribution in [2.75, 3.05) is 19.6 Å². The zero-order valence-corrected chi connectivity index (χ0v) is 13.0. The van der Waals surface area contributed by atoms with Crippen LogP contribution in [0.2, 0.25) is 0 Å². The third-order valence-corrected chi connectivity index (χ3v) is 4.18. The van der Waals surface area contributed by atoms with Gasteiger partial charge in [-0.2, -0.15) is 0 Å². The van der Waals surface area contributed by atoms with Gasteiger partial charge in [0.15, 0.2) is 5.76 Å². The zero-order chi connectivity index (χ0) is 14.2. The molecule has 0 aliphatic carbocycles. The molecule has 0 bridgehead atoms. The average Bonchev–Trinajstić information content (AvgIpc) is 2.77. The first-order valence-corrected chi connectivity index (χ1v) is 8.19. The molecule has 20 heavy (non-hydrogen) atoms. The summed E-state index contributed by atoms with van der Waals surface area (Å²) in [4.78, 5) is 2.52. The van der Waals surface area contributed by atoms with E-state index in [2.05, 4.69) is 35.3 Å². The Morgan fingerprint density at radius 1 is 1.35 bits per heavy atom. The van der Waals surface area contributed by atoms with Crippen LogP contribution in [0, 0.1) is 5.92 Å². The van der Waals surface area contributed by atoms with Gasteiger partial charge < -0.3 is 9.84 Å². The number of nitrogens with zero attached hydrogens (tertiary/aromatic N) is 2. The highest BCUT2D eigenvalue weighted by atomic mass is 16.5. The monoisotopic (exact) mass is 279 g/mol. The quantitative estimate of drug-likeness (QED) is 0.832. The van der Waals surface area contributed by atoms with E-state index in [4.69, 9.17) is 4.52 Å². The van der Waals surface area contributed by atoms with Gasteiger partial charge in [0.05, 0.1) is 12.2 Å². The van der Waals surface area contributed by atoms with Crippen molar-refractivity contribution >= 4 is 0 Å². The molecule has 0 radical (unpaired) electrons. The minimum atomic E-state index is 0.804. The smallest absolute Gasteiger partial charge is 0.151 e. The maximum Gasteiger partial charge on any atom is 0.151 e. The molecular weight excluding hydrogens is 250 g/mol. The molecule has 1 N–H and O–H groups in total. The summed E-state index contributed by atoms with van der Waals surface area (Å²) in [6.45, 7) is 9.48. The maximum atomic E-state index is 5.45. The van der Waals surface area contributed by atoms with Gasteiger partial charge in [-0.25, -0.2) is 0 Å². The van der Waals surface area contributed by atoms with Crippen molar-refractivity contribution in [1.82, 2.24) is 15.4 Å². The van der Waals surface area contributed by atoms with E-state index < -0.39 is 0 Å². The van der Waals surface area contributed by atoms with E-state index in [-0.39, 0.29) is 0 Å². The molecule has 1 aromatic rings. The van der Waals surface area contributed by atoms with Gasteiger partial charge in [0, 0.05) is 12.6 Å². The molecule has 4 nitrogen and oxygen atoms in total. The molecule has 0 aromatic carbocycles. The lowest BCUT2D eigenvalue weighted by Crippen LogP contribution is -2.24. The van der Waals surface area contributed by atoms with Gasteiger partial charge in [0.25, 0.3) is 0 Å². The van der Waals surface area contributed by atoms with Gasteiger partial charge >= 0.3 is 0 Å². The summed E-state index contributed by atoms with van der Waals surface area (Å²) in [5.41, 5.74) is 1.01. The summed E-state index contributed by atoms with van der Waals surface area (Å²) in [6.07, 6.45) is 6.77. The van der Waals surface area contributed by atoms with Crippen molar-refractivity contribution in [2.24, 2.45) is 5.92 Å². The van der Waals surface area contributed by atoms with Gasteiger partial charge in [-0.1, -0.05) is 31.8 Å². The lowest BCUT2D eigenvalue weighted by molar-refractivity contribution is 0.235. The fourth-order valence-electron chi connectivity index (χ4n) is 3.07. The summed E-state index contributed by atoms with van der Waals surface area (Å²) in [6, 6.07) is 2.09. The predicted octanol–water partition coefficient (Wildman–Crippen LogP) is 3.19. The Bertz CT molecular complexity index is 378. The topological polar surface area (TPSA) is 41.3 Å². The van der Waals surface area contributed by atoms with Gasteiger partial charge in [-0.3, -0.25) is 4.90 Å². The molecule has 1 atom stereocenters. The minimum Gasteiger partial charge on any atom is -0.360 e. The fraction of sp³-hybridized carbons (Fsp3) is 0.812. The third-order valence-electron chi connectivity index (χ3n) is 4.18. The Kier molecular flexibility index (Phi) is 6.54. The molecule has 0 saturated carbocycles. The van der Waals surface area contributed by atoms with E-state index in [9.17, 15) is 0 Å². The zero-order valence-electron chi connectivity index (χ0n) is 13.0. The standard InChI is InChI=1S/C16H29N3O/c1-3-6-14-7-5-9-19(10-8-14)13-16-11-15(18-20-16)12-17-4-2/h11,14,17H,3-10,12-13H2,1-2H3. The van der Waals surface area contributed by atoms with Crippen LogP contribution in [0.4, 0.5) is 0 Å². The minimum absolute atomic E-state index is 0.804. The summed E-state index contributed by atoms with van der Waals surface area (Å²) in [5.74, 6) is 1.94. The van der Waals surface area contributed by atoms with E-state index >= 15 is 0 Å². The van der Waals surface area contributed by atoms with E-state index in [0.717, 1.165) is 37.0 Å². The van der Waals surface area contributed by atoms with Crippen molar-refractivity contribution in [2.45, 2.75) is 59.0 Å². The van der Waals surface area contributed by atoms with Crippen molar-refractivity contribution < 1.29 is 4.52 Å². The van der Waals surface area contributed by atoms with Crippen molar-refractivity contribution in [1.29, 1.82) is 0 Å². The molecule has 1 aliphatic rings. The normalized spacial score (nSPS) is 21.0. The molecule has 1 saturated heterocycles. The summed E-state index contributed by atoms with van der Waals surface area (Å²) in [7, 11) is 0. The van der Waals surface area contributed by atoms with Gasteiger partial charge in [-0.15, -0.1) is 0 Å². The number of hydrogen-bond acceptors (Lipinski definition) is 4. The van der Waals surface area contributed by atoms with Crippen molar-refractivity contribution in [3.63, 3.8) is 0 Å². The van der Waals surface area contributed by atoms with Gasteiger partial charge in [0.1, 0.15) is 0 Å². The van der Waals surface area contributed by atoms with Crippen LogP contribution in [0.15, 0.2) is 10.6 Å². The molecule has 0 amide bonds. The molecule has 4 heteroatoms. The van der Waals surface area contributed by atoms with Crippen molar-refractivity contribution in [3.05, 3.63) is 17.5 Å². The Morgan fingerprint density at radius 2 is 2.25 bits per heavy atom. The molecule has 1 aliphatic heterocycles. The highest BCUT2D eigenvalue weighted by Gasteiger charge is 2.17. The van der Waals surface area contributed by atoms with Crippen LogP contribution in [-0.4, -0.2) is 29.7 Å². The second kappa shape index (κ2) is 8.42. The highest BCUT2D eigenvalue weighted by Crippen LogP contribution is 2.22. The van der Waals surface area contributed by atoms with Gasteiger partial charge in [-0.05, 0) is 44.8 Å². The SMILES string of the molecule is CCCC1CCCN(Cc2cc(CNCC)no2)CC1. The molecule has 2 heterocycles. The van der Waals surface area contributed by atoms with Gasteiger partial charge in [0.2, 0.25) is 0 Å². The van der Waals surface area contributed by atoms with Crippen LogP contribution >= 0.6 is 0 Å². The third kappa shape index (κ3) is 4.91. The van der Waals surface area contributed by atoms with Crippen LogP contribution in [0.1, 0.15) is 57.4 Å². The Labute approximate surface area is 122 Å². The fourth-order valence-corrected chi connectivity index (χ4v) is 3.07. The lowest BCUT2D eigenvalue weighted by atomic mass is 9.96. The first kappa shape index (κ1) is 15.5. The number of rotatable bonds is 7. The summed E-state index contributed by atoms with van der Waals surface area (Å²) >= 11 is 0. The summed E-state index contributed by atoms with van der Waals surface area (Å²) < 4.78 is 5.45. The summed E-state index contributed by atoms with van der Waals surface area (Å²) in [5, 5.41) is 7.40. The molecule has 2 rings (SSSR count). The van der Waals surface area contributed by atoms with Crippen LogP contribution in [0.3, 0.4) is 0 Å². The molecule has 0 spiro atoms. The van der Waals surface area contributed by atoms with Crippen LogP contribution in [-0.2, 0) is 13.1 Å². The first-order valence-electron chi connectivity index (χ1n) is 8.19. The van der Waals surface area contributed by atoms with Crippen LogP contribution < -0.4 is 5.32 Å².